The molecule has 0 spiro atoms. The van der Waals surface area contributed by atoms with E-state index < -0.39 is 0 Å². The summed E-state index contributed by atoms with van der Waals surface area (Å²) in [6.07, 6.45) is 5.08. The molecule has 2 atom stereocenters. The number of hydrogen-bond donors (Lipinski definition) is 0. The van der Waals surface area contributed by atoms with Crippen LogP contribution in [0.15, 0.2) is 0 Å². The first-order valence-electron chi connectivity index (χ1n) is 6.16. The number of carbonyl (C=O) groups excluding carboxylic acids is 1. The zero-order valence-corrected chi connectivity index (χ0v) is 10.3. The zero-order chi connectivity index (χ0) is 11.3. The Balaban J connectivity index is 2.36. The van der Waals surface area contributed by atoms with Gasteiger partial charge in [-0.15, -0.1) is 0 Å². The maximum atomic E-state index is 11.7. The molecule has 0 aromatic carbocycles. The maximum absolute atomic E-state index is 11.7. The Bertz CT molecular complexity index is 199. The molecule has 0 aliphatic heterocycles. The highest BCUT2D eigenvalue weighted by atomic mass is 16.5. The topological polar surface area (TPSA) is 26.3 Å². The Labute approximate surface area is 93.4 Å². The Hall–Kier alpha value is -0.370. The molecule has 88 valence electrons. The summed E-state index contributed by atoms with van der Waals surface area (Å²) >= 11 is 0. The minimum absolute atomic E-state index is 0.321. The molecular weight excluding hydrogens is 188 g/mol. The molecular formula is C13H24O2. The fourth-order valence-electron chi connectivity index (χ4n) is 2.50. The van der Waals surface area contributed by atoms with Gasteiger partial charge in [0.05, 0.1) is 0 Å². The van der Waals surface area contributed by atoms with E-state index in [1.807, 2.05) is 0 Å². The molecule has 2 unspecified atom stereocenters. The molecule has 0 aromatic rings. The number of hydrogen-bond acceptors (Lipinski definition) is 2. The lowest BCUT2D eigenvalue weighted by Crippen LogP contribution is -2.27. The maximum Gasteiger partial charge on any atom is 0.135 e. The molecule has 1 fully saturated rings. The van der Waals surface area contributed by atoms with Gasteiger partial charge in [-0.1, -0.05) is 13.8 Å². The monoisotopic (exact) mass is 212 g/mol. The molecule has 1 aliphatic rings. The standard InChI is InChI=1S/C13H24O2/c1-10(2)11-6-7-13(14)12(9-11)5-4-8-15-3/h10-12H,4-9H2,1-3H3. The summed E-state index contributed by atoms with van der Waals surface area (Å²) in [4.78, 5) is 11.7. The highest BCUT2D eigenvalue weighted by molar-refractivity contribution is 5.81. The summed E-state index contributed by atoms with van der Waals surface area (Å²) in [6.45, 7) is 5.33. The van der Waals surface area contributed by atoms with Crippen LogP contribution in [0.3, 0.4) is 0 Å². The van der Waals surface area contributed by atoms with Crippen molar-refractivity contribution in [2.75, 3.05) is 13.7 Å². The first kappa shape index (κ1) is 12.7. The summed E-state index contributed by atoms with van der Waals surface area (Å²) in [5.41, 5.74) is 0. The van der Waals surface area contributed by atoms with Crippen LogP contribution < -0.4 is 0 Å². The molecule has 0 heterocycles. The van der Waals surface area contributed by atoms with Gasteiger partial charge >= 0.3 is 0 Å². The van der Waals surface area contributed by atoms with Crippen molar-refractivity contribution < 1.29 is 9.53 Å². The van der Waals surface area contributed by atoms with Gasteiger partial charge in [0, 0.05) is 26.1 Å². The van der Waals surface area contributed by atoms with Gasteiger partial charge in [0.25, 0.3) is 0 Å². The van der Waals surface area contributed by atoms with Crippen molar-refractivity contribution in [3.8, 4) is 0 Å². The second kappa shape index (κ2) is 6.26. The number of carbonyl (C=O) groups is 1. The van der Waals surface area contributed by atoms with Crippen molar-refractivity contribution in [3.05, 3.63) is 0 Å². The molecule has 1 saturated carbocycles. The van der Waals surface area contributed by atoms with Crippen LogP contribution in [0.25, 0.3) is 0 Å². The molecule has 0 saturated heterocycles. The minimum atomic E-state index is 0.321. The van der Waals surface area contributed by atoms with Crippen LogP contribution in [0.1, 0.15) is 46.0 Å². The number of rotatable bonds is 5. The SMILES string of the molecule is COCCCC1CC(C(C)C)CCC1=O. The Morgan fingerprint density at radius 2 is 2.20 bits per heavy atom. The van der Waals surface area contributed by atoms with Crippen LogP contribution in [0.5, 0.6) is 0 Å². The van der Waals surface area contributed by atoms with Crippen molar-refractivity contribution in [2.24, 2.45) is 17.8 Å². The number of ether oxygens (including phenoxy) is 1. The first-order chi connectivity index (χ1) is 7.15. The number of Topliss-reactive ketones (excluding diaryl/α,β-unsaturated/α-hetero) is 1. The smallest absolute Gasteiger partial charge is 0.135 e. The van der Waals surface area contributed by atoms with E-state index in [9.17, 15) is 4.79 Å². The molecule has 0 aromatic heterocycles. The normalized spacial score (nSPS) is 27.3. The van der Waals surface area contributed by atoms with E-state index in [2.05, 4.69) is 13.8 Å². The molecule has 2 nitrogen and oxygen atoms in total. The average Bonchev–Trinajstić information content (AvgIpc) is 2.20. The van der Waals surface area contributed by atoms with Gasteiger partial charge in [0.1, 0.15) is 5.78 Å². The lowest BCUT2D eigenvalue weighted by molar-refractivity contribution is -0.126. The van der Waals surface area contributed by atoms with E-state index in [-0.39, 0.29) is 0 Å². The highest BCUT2D eigenvalue weighted by Gasteiger charge is 2.29. The van der Waals surface area contributed by atoms with E-state index in [0.29, 0.717) is 11.7 Å². The zero-order valence-electron chi connectivity index (χ0n) is 10.3. The van der Waals surface area contributed by atoms with Gasteiger partial charge in [0.15, 0.2) is 0 Å². The van der Waals surface area contributed by atoms with Gasteiger partial charge < -0.3 is 4.74 Å². The summed E-state index contributed by atoms with van der Waals surface area (Å²) < 4.78 is 5.03. The second-order valence-corrected chi connectivity index (χ2v) is 5.08. The molecule has 0 bridgehead atoms. The number of methoxy groups -OCH3 is 1. The van der Waals surface area contributed by atoms with Crippen LogP contribution in [0, 0.1) is 17.8 Å². The largest absolute Gasteiger partial charge is 0.385 e. The molecule has 0 amide bonds. The van der Waals surface area contributed by atoms with Crippen molar-refractivity contribution in [1.82, 2.24) is 0 Å². The molecule has 15 heavy (non-hydrogen) atoms. The van der Waals surface area contributed by atoms with E-state index in [4.69, 9.17) is 4.74 Å². The average molecular weight is 212 g/mol. The van der Waals surface area contributed by atoms with Crippen LogP contribution in [0.4, 0.5) is 0 Å². The summed E-state index contributed by atoms with van der Waals surface area (Å²) in [5, 5.41) is 0. The van der Waals surface area contributed by atoms with Crippen molar-refractivity contribution >= 4 is 5.78 Å². The first-order valence-corrected chi connectivity index (χ1v) is 6.16. The van der Waals surface area contributed by atoms with Gasteiger partial charge in [-0.05, 0) is 37.5 Å². The Morgan fingerprint density at radius 3 is 2.80 bits per heavy atom. The van der Waals surface area contributed by atoms with E-state index in [0.717, 1.165) is 50.5 Å². The lowest BCUT2D eigenvalue weighted by Gasteiger charge is -2.30. The van der Waals surface area contributed by atoms with Crippen molar-refractivity contribution in [3.63, 3.8) is 0 Å². The van der Waals surface area contributed by atoms with Crippen LogP contribution >= 0.6 is 0 Å². The van der Waals surface area contributed by atoms with Gasteiger partial charge in [0.2, 0.25) is 0 Å². The van der Waals surface area contributed by atoms with E-state index >= 15 is 0 Å². The molecule has 2 heteroatoms. The quantitative estimate of drug-likeness (QED) is 0.655. The van der Waals surface area contributed by atoms with Gasteiger partial charge in [-0.25, -0.2) is 0 Å². The third kappa shape index (κ3) is 3.94. The van der Waals surface area contributed by atoms with Gasteiger partial charge in [-0.3, -0.25) is 4.79 Å². The fourth-order valence-corrected chi connectivity index (χ4v) is 2.50. The third-order valence-electron chi connectivity index (χ3n) is 3.65. The molecule has 1 aliphatic carbocycles. The Morgan fingerprint density at radius 1 is 1.47 bits per heavy atom. The second-order valence-electron chi connectivity index (χ2n) is 5.08. The fraction of sp³-hybridized carbons (Fsp3) is 0.923. The minimum Gasteiger partial charge on any atom is -0.385 e. The van der Waals surface area contributed by atoms with Crippen LogP contribution in [-0.2, 0) is 9.53 Å². The van der Waals surface area contributed by atoms with Crippen LogP contribution in [-0.4, -0.2) is 19.5 Å². The predicted molar refractivity (Wildman–Crippen MR) is 61.8 cm³/mol. The highest BCUT2D eigenvalue weighted by Crippen LogP contribution is 2.33. The molecule has 0 radical (unpaired) electrons. The predicted octanol–water partition coefficient (Wildman–Crippen LogP) is 3.05. The summed E-state index contributed by atoms with van der Waals surface area (Å²) in [7, 11) is 1.72. The summed E-state index contributed by atoms with van der Waals surface area (Å²) in [6, 6.07) is 0. The van der Waals surface area contributed by atoms with E-state index in [1.54, 1.807) is 7.11 Å². The summed E-state index contributed by atoms with van der Waals surface area (Å²) in [5.74, 6) is 2.29. The van der Waals surface area contributed by atoms with Crippen LogP contribution in [0.2, 0.25) is 0 Å². The molecule has 1 rings (SSSR count). The van der Waals surface area contributed by atoms with Gasteiger partial charge in [-0.2, -0.15) is 0 Å². The Kier molecular flexibility index (Phi) is 5.30. The number of ketones is 1. The van der Waals surface area contributed by atoms with Crippen molar-refractivity contribution in [1.29, 1.82) is 0 Å². The van der Waals surface area contributed by atoms with E-state index in [1.165, 1.54) is 0 Å². The van der Waals surface area contributed by atoms with Crippen molar-refractivity contribution in [2.45, 2.75) is 46.0 Å². The lowest BCUT2D eigenvalue weighted by atomic mass is 9.74. The molecule has 0 N–H and O–H groups in total. The third-order valence-corrected chi connectivity index (χ3v) is 3.65.